The molecule has 0 saturated heterocycles. The van der Waals surface area contributed by atoms with Gasteiger partial charge in [-0.3, -0.25) is 0 Å². The van der Waals surface area contributed by atoms with Gasteiger partial charge in [-0.25, -0.2) is 4.98 Å². The van der Waals surface area contributed by atoms with Gasteiger partial charge in [0.1, 0.15) is 17.3 Å². The first-order valence-corrected chi connectivity index (χ1v) is 7.58. The number of nitrogens with zero attached hydrogens (tertiary/aromatic N) is 2. The van der Waals surface area contributed by atoms with E-state index in [2.05, 4.69) is 20.9 Å². The molecule has 21 heavy (non-hydrogen) atoms. The van der Waals surface area contributed by atoms with Crippen molar-refractivity contribution >= 4 is 33.3 Å². The van der Waals surface area contributed by atoms with Crippen LogP contribution in [-0.2, 0) is 7.05 Å². The van der Waals surface area contributed by atoms with E-state index >= 15 is 0 Å². The van der Waals surface area contributed by atoms with Crippen LogP contribution in [0.5, 0.6) is 0 Å². The van der Waals surface area contributed by atoms with Crippen LogP contribution in [0.2, 0.25) is 5.02 Å². The summed E-state index contributed by atoms with van der Waals surface area (Å²) in [6.07, 6.45) is 0. The molecule has 5 heteroatoms. The molecule has 0 amide bonds. The normalized spacial score (nSPS) is 10.8. The monoisotopic (exact) mass is 361 g/mol. The first-order valence-electron chi connectivity index (χ1n) is 6.41. The topological polar surface area (TPSA) is 43.8 Å². The molecule has 1 aromatic heterocycles. The zero-order chi connectivity index (χ0) is 15.0. The van der Waals surface area contributed by atoms with Gasteiger partial charge in [0.15, 0.2) is 0 Å². The van der Waals surface area contributed by atoms with Gasteiger partial charge in [0, 0.05) is 22.6 Å². The van der Waals surface area contributed by atoms with E-state index in [1.54, 1.807) is 0 Å². The van der Waals surface area contributed by atoms with E-state index in [1.165, 1.54) is 0 Å². The lowest BCUT2D eigenvalue weighted by Crippen LogP contribution is -1.98. The van der Waals surface area contributed by atoms with Gasteiger partial charge >= 0.3 is 0 Å². The summed E-state index contributed by atoms with van der Waals surface area (Å²) in [4.78, 5) is 4.68. The smallest absolute Gasteiger partial charge is 0.142 e. The van der Waals surface area contributed by atoms with Crippen LogP contribution in [0.4, 0.5) is 5.82 Å². The molecule has 0 unspecified atom stereocenters. The van der Waals surface area contributed by atoms with Crippen molar-refractivity contribution in [3.8, 4) is 22.6 Å². The number of benzene rings is 2. The summed E-state index contributed by atoms with van der Waals surface area (Å²) in [5.41, 5.74) is 8.75. The van der Waals surface area contributed by atoms with Gasteiger partial charge in [0.2, 0.25) is 0 Å². The van der Waals surface area contributed by atoms with Gasteiger partial charge < -0.3 is 10.3 Å². The minimum Gasteiger partial charge on any atom is -0.383 e. The summed E-state index contributed by atoms with van der Waals surface area (Å²) in [6, 6.07) is 15.6. The first-order chi connectivity index (χ1) is 10.1. The Morgan fingerprint density at radius 1 is 1.14 bits per heavy atom. The van der Waals surface area contributed by atoms with Crippen molar-refractivity contribution < 1.29 is 0 Å². The highest BCUT2D eigenvalue weighted by molar-refractivity contribution is 9.10. The van der Waals surface area contributed by atoms with Crippen LogP contribution < -0.4 is 5.73 Å². The third kappa shape index (κ3) is 2.57. The number of nitrogens with two attached hydrogens (primary N) is 1. The minimum absolute atomic E-state index is 0.592. The van der Waals surface area contributed by atoms with E-state index in [4.69, 9.17) is 17.3 Å². The van der Waals surface area contributed by atoms with Gasteiger partial charge in [0.25, 0.3) is 0 Å². The van der Waals surface area contributed by atoms with Crippen molar-refractivity contribution in [1.82, 2.24) is 9.55 Å². The average molecular weight is 363 g/mol. The zero-order valence-electron chi connectivity index (χ0n) is 11.3. The Kier molecular flexibility index (Phi) is 3.74. The molecule has 0 radical (unpaired) electrons. The summed E-state index contributed by atoms with van der Waals surface area (Å²) in [5.74, 6) is 1.41. The van der Waals surface area contributed by atoms with Crippen molar-refractivity contribution in [1.29, 1.82) is 0 Å². The van der Waals surface area contributed by atoms with Crippen LogP contribution in [0.3, 0.4) is 0 Å². The Morgan fingerprint density at radius 2 is 1.86 bits per heavy atom. The quantitative estimate of drug-likeness (QED) is 0.715. The molecular weight excluding hydrogens is 350 g/mol. The summed E-state index contributed by atoms with van der Waals surface area (Å²) in [5, 5.41) is 0.627. The fourth-order valence-corrected chi connectivity index (χ4v) is 2.80. The summed E-state index contributed by atoms with van der Waals surface area (Å²) in [6.45, 7) is 0. The van der Waals surface area contributed by atoms with Crippen LogP contribution in [-0.4, -0.2) is 9.55 Å². The fraction of sp³-hybridized carbons (Fsp3) is 0.0625. The molecule has 3 nitrogen and oxygen atoms in total. The standard InChI is InChI=1S/C16H13BrClN3/c1-21-15(19)14(12-9-11(17)7-8-13(12)18)20-16(21)10-5-3-2-4-6-10/h2-9H,19H2,1H3. The highest BCUT2D eigenvalue weighted by atomic mass is 79.9. The zero-order valence-corrected chi connectivity index (χ0v) is 13.7. The number of hydrogen-bond acceptors (Lipinski definition) is 2. The van der Waals surface area contributed by atoms with E-state index in [0.29, 0.717) is 16.5 Å². The summed E-state index contributed by atoms with van der Waals surface area (Å²) < 4.78 is 2.82. The summed E-state index contributed by atoms with van der Waals surface area (Å²) in [7, 11) is 1.90. The highest BCUT2D eigenvalue weighted by Gasteiger charge is 2.17. The number of imidazole rings is 1. The van der Waals surface area contributed by atoms with Crippen LogP contribution in [0.1, 0.15) is 0 Å². The van der Waals surface area contributed by atoms with Gasteiger partial charge in [-0.1, -0.05) is 57.9 Å². The lowest BCUT2D eigenvalue weighted by atomic mass is 10.1. The second-order valence-corrected chi connectivity index (χ2v) is 6.04. The van der Waals surface area contributed by atoms with Crippen molar-refractivity contribution in [2.45, 2.75) is 0 Å². The predicted octanol–water partition coefficient (Wildman–Crippen LogP) is 4.75. The molecule has 106 valence electrons. The maximum Gasteiger partial charge on any atom is 0.142 e. The van der Waals surface area contributed by atoms with Gasteiger partial charge in [-0.2, -0.15) is 0 Å². The lowest BCUT2D eigenvalue weighted by molar-refractivity contribution is 0.937. The van der Waals surface area contributed by atoms with Crippen LogP contribution >= 0.6 is 27.5 Å². The Bertz CT molecular complexity index is 797. The Labute approximate surface area is 136 Å². The molecule has 0 aliphatic heterocycles. The molecular formula is C16H13BrClN3. The molecule has 3 rings (SSSR count). The van der Waals surface area contributed by atoms with E-state index in [9.17, 15) is 0 Å². The predicted molar refractivity (Wildman–Crippen MR) is 91.2 cm³/mol. The van der Waals surface area contributed by atoms with Crippen LogP contribution in [0.25, 0.3) is 22.6 Å². The van der Waals surface area contributed by atoms with Crippen molar-refractivity contribution in [3.05, 3.63) is 58.0 Å². The molecule has 2 aromatic carbocycles. The van der Waals surface area contributed by atoms with E-state index in [1.807, 2.05) is 60.1 Å². The van der Waals surface area contributed by atoms with Gasteiger partial charge in [-0.15, -0.1) is 0 Å². The van der Waals surface area contributed by atoms with Gasteiger partial charge in [0.05, 0.1) is 5.02 Å². The van der Waals surface area contributed by atoms with E-state index in [0.717, 1.165) is 21.4 Å². The fourth-order valence-electron chi connectivity index (χ4n) is 2.23. The van der Waals surface area contributed by atoms with Crippen LogP contribution in [0, 0.1) is 0 Å². The lowest BCUT2D eigenvalue weighted by Gasteiger charge is -2.04. The molecule has 0 aliphatic carbocycles. The van der Waals surface area contributed by atoms with Crippen LogP contribution in [0.15, 0.2) is 53.0 Å². The molecule has 0 bridgehead atoms. The highest BCUT2D eigenvalue weighted by Crippen LogP contribution is 2.35. The molecule has 3 aromatic rings. The third-order valence-corrected chi connectivity index (χ3v) is 4.18. The third-order valence-electron chi connectivity index (χ3n) is 3.35. The largest absolute Gasteiger partial charge is 0.383 e. The van der Waals surface area contributed by atoms with Crippen molar-refractivity contribution in [2.24, 2.45) is 7.05 Å². The Balaban J connectivity index is 2.20. The Hall–Kier alpha value is -1.78. The number of halogens is 2. The Morgan fingerprint density at radius 3 is 2.57 bits per heavy atom. The molecule has 0 saturated carbocycles. The molecule has 0 aliphatic rings. The van der Waals surface area contributed by atoms with Gasteiger partial charge in [-0.05, 0) is 18.2 Å². The summed E-state index contributed by atoms with van der Waals surface area (Å²) >= 11 is 9.74. The number of hydrogen-bond donors (Lipinski definition) is 1. The molecule has 0 spiro atoms. The molecule has 1 heterocycles. The maximum atomic E-state index is 6.28. The first kappa shape index (κ1) is 14.2. The second kappa shape index (κ2) is 5.54. The number of anilines is 1. The second-order valence-electron chi connectivity index (χ2n) is 4.72. The minimum atomic E-state index is 0.592. The number of aromatic nitrogens is 2. The van der Waals surface area contributed by atoms with Crippen molar-refractivity contribution in [3.63, 3.8) is 0 Å². The van der Waals surface area contributed by atoms with E-state index in [-0.39, 0.29) is 0 Å². The molecule has 0 fully saturated rings. The molecule has 2 N–H and O–H groups in total. The number of nitrogen functional groups attached to an aromatic ring is 1. The van der Waals surface area contributed by atoms with E-state index < -0.39 is 0 Å². The average Bonchev–Trinajstić information content (AvgIpc) is 2.79. The maximum absolute atomic E-state index is 6.28. The number of rotatable bonds is 2. The SMILES string of the molecule is Cn1c(-c2ccccc2)nc(-c2cc(Br)ccc2Cl)c1N. The van der Waals surface area contributed by atoms with Crippen molar-refractivity contribution in [2.75, 3.05) is 5.73 Å². The molecule has 0 atom stereocenters.